The average Bonchev–Trinajstić information content (AvgIpc) is 3.29. The van der Waals surface area contributed by atoms with Gasteiger partial charge >= 0.3 is 0 Å². The van der Waals surface area contributed by atoms with E-state index in [0.717, 1.165) is 44.5 Å². The molecule has 2 fully saturated rings. The summed E-state index contributed by atoms with van der Waals surface area (Å²) in [4.78, 5) is 26.9. The van der Waals surface area contributed by atoms with Crippen LogP contribution in [0.1, 0.15) is 54.4 Å². The molecule has 1 aromatic rings. The van der Waals surface area contributed by atoms with Crippen LogP contribution in [-0.2, 0) is 11.2 Å². The maximum Gasteiger partial charge on any atom is 0.259 e. The van der Waals surface area contributed by atoms with Crippen molar-refractivity contribution in [2.75, 3.05) is 26.2 Å². The van der Waals surface area contributed by atoms with Crippen LogP contribution in [0.4, 0.5) is 0 Å². The minimum atomic E-state index is -0.0481. The van der Waals surface area contributed by atoms with E-state index in [0.29, 0.717) is 36.8 Å². The molecule has 0 spiro atoms. The van der Waals surface area contributed by atoms with Crippen molar-refractivity contribution in [2.45, 2.75) is 52.0 Å². The number of nitrogens with zero attached hydrogens (tertiary/aromatic N) is 2. The molecule has 2 N–H and O–H groups in total. The number of aryl methyl sites for hydroxylation is 2. The number of piperidine rings is 1. The van der Waals surface area contributed by atoms with Crippen molar-refractivity contribution < 1.29 is 14.1 Å². The van der Waals surface area contributed by atoms with E-state index in [1.54, 1.807) is 6.92 Å². The zero-order valence-corrected chi connectivity index (χ0v) is 15.1. The van der Waals surface area contributed by atoms with Gasteiger partial charge in [-0.1, -0.05) is 12.1 Å². The molecule has 3 rings (SSSR count). The summed E-state index contributed by atoms with van der Waals surface area (Å²) in [5.74, 6) is 0.978. The molecule has 0 saturated carbocycles. The molecule has 2 unspecified atom stereocenters. The molecule has 2 saturated heterocycles. The van der Waals surface area contributed by atoms with Crippen molar-refractivity contribution in [2.24, 2.45) is 5.92 Å². The first kappa shape index (κ1) is 17.9. The fraction of sp³-hybridized carbons (Fsp3) is 0.722. The molecule has 7 nitrogen and oxygen atoms in total. The summed E-state index contributed by atoms with van der Waals surface area (Å²) in [5.41, 5.74) is 1.34. The second kappa shape index (κ2) is 7.99. The smallest absolute Gasteiger partial charge is 0.259 e. The largest absolute Gasteiger partial charge is 0.361 e. The topological polar surface area (TPSA) is 87.5 Å². The first-order valence-electron chi connectivity index (χ1n) is 9.35. The molecule has 0 aliphatic carbocycles. The molecule has 0 bridgehead atoms. The third-order valence-corrected chi connectivity index (χ3v) is 5.23. The van der Waals surface area contributed by atoms with Gasteiger partial charge in [-0.25, -0.2) is 0 Å². The van der Waals surface area contributed by atoms with Crippen LogP contribution in [0.25, 0.3) is 0 Å². The Bertz CT molecular complexity index is 622. The van der Waals surface area contributed by atoms with Crippen molar-refractivity contribution in [1.82, 2.24) is 20.7 Å². The van der Waals surface area contributed by atoms with Crippen molar-refractivity contribution in [1.29, 1.82) is 0 Å². The zero-order chi connectivity index (χ0) is 17.8. The molecule has 2 amide bonds. The van der Waals surface area contributed by atoms with Gasteiger partial charge in [0.2, 0.25) is 5.91 Å². The summed E-state index contributed by atoms with van der Waals surface area (Å²) < 4.78 is 5.20. The second-order valence-electron chi connectivity index (χ2n) is 7.07. The quantitative estimate of drug-likeness (QED) is 0.837. The van der Waals surface area contributed by atoms with Gasteiger partial charge in [-0.2, -0.15) is 0 Å². The molecule has 25 heavy (non-hydrogen) atoms. The molecule has 2 aliphatic rings. The van der Waals surface area contributed by atoms with Crippen LogP contribution in [-0.4, -0.2) is 54.1 Å². The second-order valence-corrected chi connectivity index (χ2v) is 7.07. The van der Waals surface area contributed by atoms with Gasteiger partial charge in [0.1, 0.15) is 11.3 Å². The number of carbonyl (C=O) groups is 2. The number of nitrogens with one attached hydrogen (secondary N) is 2. The number of amides is 2. The Hall–Kier alpha value is -1.89. The van der Waals surface area contributed by atoms with E-state index in [1.165, 1.54) is 0 Å². The van der Waals surface area contributed by atoms with Gasteiger partial charge in [0.05, 0.1) is 11.7 Å². The summed E-state index contributed by atoms with van der Waals surface area (Å²) in [6, 6.07) is -0.0481. The lowest BCUT2D eigenvalue weighted by atomic mass is 9.96. The first-order valence-corrected chi connectivity index (χ1v) is 9.35. The average molecular weight is 348 g/mol. The lowest BCUT2D eigenvalue weighted by Crippen LogP contribution is -2.46. The van der Waals surface area contributed by atoms with E-state index in [1.807, 2.05) is 11.8 Å². The highest BCUT2D eigenvalue weighted by Crippen LogP contribution is 2.22. The van der Waals surface area contributed by atoms with E-state index >= 15 is 0 Å². The summed E-state index contributed by atoms with van der Waals surface area (Å²) in [5, 5.41) is 10.3. The van der Waals surface area contributed by atoms with Gasteiger partial charge in [0, 0.05) is 19.6 Å². The van der Waals surface area contributed by atoms with Gasteiger partial charge in [0.15, 0.2) is 0 Å². The van der Waals surface area contributed by atoms with Crippen LogP contribution in [0.2, 0.25) is 0 Å². The number of hydrogen-bond acceptors (Lipinski definition) is 5. The van der Waals surface area contributed by atoms with E-state index in [4.69, 9.17) is 4.52 Å². The number of likely N-dealkylation sites (tertiary alicyclic amines) is 1. The number of rotatable bonds is 5. The van der Waals surface area contributed by atoms with Crippen molar-refractivity contribution in [3.63, 3.8) is 0 Å². The highest BCUT2D eigenvalue weighted by molar-refractivity contribution is 5.96. The molecule has 138 valence electrons. The number of hydrogen-bond donors (Lipinski definition) is 2. The van der Waals surface area contributed by atoms with Gasteiger partial charge in [0.25, 0.3) is 5.91 Å². The predicted molar refractivity (Wildman–Crippen MR) is 93.3 cm³/mol. The predicted octanol–water partition coefficient (Wildman–Crippen LogP) is 1.27. The molecule has 1 aromatic heterocycles. The maximum absolute atomic E-state index is 12.9. The van der Waals surface area contributed by atoms with Crippen molar-refractivity contribution >= 4 is 11.8 Å². The first-order chi connectivity index (χ1) is 12.1. The van der Waals surface area contributed by atoms with E-state index in [-0.39, 0.29) is 17.9 Å². The molecule has 0 aromatic carbocycles. The molecule has 2 aliphatic heterocycles. The Morgan fingerprint density at radius 2 is 2.20 bits per heavy atom. The molecular weight excluding hydrogens is 320 g/mol. The Morgan fingerprint density at radius 3 is 2.92 bits per heavy atom. The SMILES string of the molecule is CCc1noc(C)c1C(=O)N1CCCC(CNC(=O)C2CCCN2)C1. The highest BCUT2D eigenvalue weighted by atomic mass is 16.5. The normalized spacial score (nSPS) is 23.7. The Kier molecular flexibility index (Phi) is 5.73. The summed E-state index contributed by atoms with van der Waals surface area (Å²) in [6.45, 7) is 6.73. The van der Waals surface area contributed by atoms with Gasteiger partial charge < -0.3 is 20.1 Å². The fourth-order valence-corrected chi connectivity index (χ4v) is 3.78. The van der Waals surface area contributed by atoms with Crippen LogP contribution in [0, 0.1) is 12.8 Å². The summed E-state index contributed by atoms with van der Waals surface area (Å²) in [7, 11) is 0. The molecule has 2 atom stereocenters. The van der Waals surface area contributed by atoms with Gasteiger partial charge in [-0.3, -0.25) is 9.59 Å². The fourth-order valence-electron chi connectivity index (χ4n) is 3.78. The molecular formula is C18H28N4O3. The summed E-state index contributed by atoms with van der Waals surface area (Å²) in [6.07, 6.45) is 4.64. The monoisotopic (exact) mass is 348 g/mol. The van der Waals surface area contributed by atoms with Crippen LogP contribution in [0.3, 0.4) is 0 Å². The molecule has 7 heteroatoms. The highest BCUT2D eigenvalue weighted by Gasteiger charge is 2.29. The lowest BCUT2D eigenvalue weighted by Gasteiger charge is -2.33. The standard InChI is InChI=1S/C18H28N4O3/c1-3-14-16(12(2)25-21-14)18(24)22-9-5-6-13(11-22)10-20-17(23)15-7-4-8-19-15/h13,15,19H,3-11H2,1-2H3,(H,20,23). The third-order valence-electron chi connectivity index (χ3n) is 5.23. The molecule has 0 radical (unpaired) electrons. The van der Waals surface area contributed by atoms with E-state index in [2.05, 4.69) is 15.8 Å². The number of carbonyl (C=O) groups excluding carboxylic acids is 2. The van der Waals surface area contributed by atoms with Gasteiger partial charge in [-0.15, -0.1) is 0 Å². The van der Waals surface area contributed by atoms with Crippen LogP contribution in [0.15, 0.2) is 4.52 Å². The lowest BCUT2D eigenvalue weighted by molar-refractivity contribution is -0.123. The summed E-state index contributed by atoms with van der Waals surface area (Å²) >= 11 is 0. The Morgan fingerprint density at radius 1 is 1.36 bits per heavy atom. The van der Waals surface area contributed by atoms with E-state index < -0.39 is 0 Å². The molecule has 3 heterocycles. The van der Waals surface area contributed by atoms with Gasteiger partial charge in [-0.05, 0) is 51.5 Å². The van der Waals surface area contributed by atoms with Crippen molar-refractivity contribution in [3.8, 4) is 0 Å². The Labute approximate surface area is 148 Å². The minimum absolute atomic E-state index is 0.00378. The van der Waals surface area contributed by atoms with Crippen LogP contribution < -0.4 is 10.6 Å². The van der Waals surface area contributed by atoms with Crippen molar-refractivity contribution in [3.05, 3.63) is 17.0 Å². The van der Waals surface area contributed by atoms with Crippen LogP contribution >= 0.6 is 0 Å². The Balaban J connectivity index is 1.56. The minimum Gasteiger partial charge on any atom is -0.361 e. The van der Waals surface area contributed by atoms with E-state index in [9.17, 15) is 9.59 Å². The number of aromatic nitrogens is 1. The third kappa shape index (κ3) is 4.03. The zero-order valence-electron chi connectivity index (χ0n) is 15.1. The maximum atomic E-state index is 12.9. The van der Waals surface area contributed by atoms with Crippen LogP contribution in [0.5, 0.6) is 0 Å².